The Morgan fingerprint density at radius 1 is 1.29 bits per heavy atom. The normalized spacial score (nSPS) is 15.5. The molecule has 0 atom stereocenters. The molecule has 0 bridgehead atoms. The minimum Gasteiger partial charge on any atom is -0.298 e. The van der Waals surface area contributed by atoms with E-state index in [1.807, 2.05) is 7.05 Å². The van der Waals surface area contributed by atoms with Gasteiger partial charge in [-0.2, -0.15) is 0 Å². The number of hydrogen-bond donors (Lipinski definition) is 0. The monoisotopic (exact) mass is 270 g/mol. The van der Waals surface area contributed by atoms with Gasteiger partial charge >= 0.3 is 0 Å². The van der Waals surface area contributed by atoms with Gasteiger partial charge in [0.1, 0.15) is 5.82 Å². The molecule has 0 amide bonds. The van der Waals surface area contributed by atoms with Gasteiger partial charge in [0.15, 0.2) is 0 Å². The quantitative estimate of drug-likeness (QED) is 0.680. The summed E-state index contributed by atoms with van der Waals surface area (Å²) in [4.78, 5) is 6.42. The Morgan fingerprint density at radius 2 is 2.06 bits per heavy atom. The molecule has 0 N–H and O–H groups in total. The lowest BCUT2D eigenvalue weighted by Gasteiger charge is -2.07. The van der Waals surface area contributed by atoms with Crippen molar-refractivity contribution >= 4 is 34.1 Å². The van der Waals surface area contributed by atoms with Crippen LogP contribution in [0.1, 0.15) is 11.1 Å². The van der Waals surface area contributed by atoms with Gasteiger partial charge in [0, 0.05) is 24.7 Å². The van der Waals surface area contributed by atoms with Crippen molar-refractivity contribution in [2.75, 3.05) is 7.05 Å². The molecule has 2 heterocycles. The van der Waals surface area contributed by atoms with Crippen molar-refractivity contribution in [1.82, 2.24) is 9.88 Å². The van der Waals surface area contributed by atoms with Gasteiger partial charge in [0.2, 0.25) is 0 Å². The number of pyridine rings is 1. The molecule has 2 nitrogen and oxygen atoms in total. The molecular weight excluding hydrogens is 262 g/mol. The summed E-state index contributed by atoms with van der Waals surface area (Å²) in [6.07, 6.45) is 1.79. The molecule has 0 fully saturated rings. The molecule has 88 valence electrons. The molecule has 0 radical (unpaired) electrons. The van der Waals surface area contributed by atoms with E-state index in [4.69, 9.17) is 23.2 Å². The fourth-order valence-corrected chi connectivity index (χ4v) is 2.66. The molecule has 17 heavy (non-hydrogen) atoms. The molecule has 5 heteroatoms. The number of halogens is 3. The predicted molar refractivity (Wildman–Crippen MR) is 66.9 cm³/mol. The van der Waals surface area contributed by atoms with Gasteiger partial charge in [-0.05, 0) is 24.2 Å². The molecule has 1 aromatic carbocycles. The standard InChI is InChI=1S/C12H9Cl2FN2/c1-17-4-6-3-16-12-7(8(6)5-17)2-9(15)10(13)11(12)14/h2-3H,4-5H2,1H3. The first-order valence-electron chi connectivity index (χ1n) is 5.20. The number of fused-ring (bicyclic) bond motifs is 3. The van der Waals surface area contributed by atoms with E-state index in [2.05, 4.69) is 9.88 Å². The van der Waals surface area contributed by atoms with Gasteiger partial charge in [0.05, 0.1) is 15.6 Å². The maximum atomic E-state index is 13.6. The molecule has 0 aliphatic carbocycles. The number of hydrogen-bond acceptors (Lipinski definition) is 2. The lowest BCUT2D eigenvalue weighted by molar-refractivity contribution is 0.353. The van der Waals surface area contributed by atoms with Crippen LogP contribution in [0.15, 0.2) is 12.3 Å². The van der Waals surface area contributed by atoms with Crippen LogP contribution in [-0.4, -0.2) is 16.9 Å². The van der Waals surface area contributed by atoms with Crippen molar-refractivity contribution in [3.63, 3.8) is 0 Å². The Labute approximate surface area is 108 Å². The second kappa shape index (κ2) is 3.80. The highest BCUT2D eigenvalue weighted by molar-refractivity contribution is 6.45. The van der Waals surface area contributed by atoms with Crippen molar-refractivity contribution in [3.8, 4) is 0 Å². The van der Waals surface area contributed by atoms with Crippen LogP contribution < -0.4 is 0 Å². The molecule has 0 saturated carbocycles. The number of nitrogens with zero attached hydrogens (tertiary/aromatic N) is 2. The van der Waals surface area contributed by atoms with Gasteiger partial charge in [0.25, 0.3) is 0 Å². The second-order valence-electron chi connectivity index (χ2n) is 4.32. The summed E-state index contributed by atoms with van der Waals surface area (Å²) in [5.41, 5.74) is 2.79. The van der Waals surface area contributed by atoms with E-state index in [1.54, 1.807) is 6.20 Å². The average molecular weight is 271 g/mol. The average Bonchev–Trinajstić information content (AvgIpc) is 2.67. The zero-order valence-electron chi connectivity index (χ0n) is 9.10. The Balaban J connectivity index is 2.39. The van der Waals surface area contributed by atoms with Crippen LogP contribution >= 0.6 is 23.2 Å². The smallest absolute Gasteiger partial charge is 0.144 e. The van der Waals surface area contributed by atoms with Gasteiger partial charge in [-0.15, -0.1) is 0 Å². The highest BCUT2D eigenvalue weighted by Crippen LogP contribution is 2.36. The number of benzene rings is 1. The molecule has 1 aliphatic heterocycles. The van der Waals surface area contributed by atoms with Crippen LogP contribution in [0.25, 0.3) is 10.9 Å². The van der Waals surface area contributed by atoms with Gasteiger partial charge < -0.3 is 0 Å². The second-order valence-corrected chi connectivity index (χ2v) is 5.07. The summed E-state index contributed by atoms with van der Waals surface area (Å²) >= 11 is 11.8. The van der Waals surface area contributed by atoms with Crippen LogP contribution in [-0.2, 0) is 13.1 Å². The first-order chi connectivity index (χ1) is 8.08. The van der Waals surface area contributed by atoms with E-state index in [0.29, 0.717) is 5.52 Å². The highest BCUT2D eigenvalue weighted by atomic mass is 35.5. The van der Waals surface area contributed by atoms with E-state index in [0.717, 1.165) is 29.6 Å². The lowest BCUT2D eigenvalue weighted by Crippen LogP contribution is -2.07. The van der Waals surface area contributed by atoms with Gasteiger partial charge in [-0.1, -0.05) is 23.2 Å². The molecule has 0 unspecified atom stereocenters. The number of rotatable bonds is 0. The topological polar surface area (TPSA) is 16.1 Å². The highest BCUT2D eigenvalue weighted by Gasteiger charge is 2.21. The van der Waals surface area contributed by atoms with Crippen LogP contribution in [0.3, 0.4) is 0 Å². The molecule has 0 saturated heterocycles. The molecule has 1 aromatic heterocycles. The third kappa shape index (κ3) is 1.61. The first kappa shape index (κ1) is 11.2. The van der Waals surface area contributed by atoms with Gasteiger partial charge in [-0.3, -0.25) is 9.88 Å². The van der Waals surface area contributed by atoms with Crippen LogP contribution in [0.2, 0.25) is 10.0 Å². The van der Waals surface area contributed by atoms with Crippen molar-refractivity contribution in [1.29, 1.82) is 0 Å². The Bertz CT molecular complexity index is 628. The lowest BCUT2D eigenvalue weighted by atomic mass is 10.1. The van der Waals surface area contributed by atoms with Crippen molar-refractivity contribution in [3.05, 3.63) is 39.3 Å². The SMILES string of the molecule is CN1Cc2cnc3c(Cl)c(Cl)c(F)cc3c2C1. The maximum absolute atomic E-state index is 13.6. The first-order valence-corrected chi connectivity index (χ1v) is 5.96. The number of aromatic nitrogens is 1. The fourth-order valence-electron chi connectivity index (χ4n) is 2.27. The fraction of sp³-hybridized carbons (Fsp3) is 0.250. The third-order valence-corrected chi connectivity index (χ3v) is 3.90. The molecular formula is C12H9Cl2FN2. The van der Waals surface area contributed by atoms with Crippen LogP contribution in [0.5, 0.6) is 0 Å². The summed E-state index contributed by atoms with van der Waals surface area (Å²) in [5.74, 6) is -0.492. The Hall–Kier alpha value is -0.900. The zero-order valence-corrected chi connectivity index (χ0v) is 10.6. The Morgan fingerprint density at radius 3 is 2.82 bits per heavy atom. The molecule has 2 aromatic rings. The molecule has 0 spiro atoms. The summed E-state index contributed by atoms with van der Waals surface area (Å²) in [6.45, 7) is 1.62. The van der Waals surface area contributed by atoms with Crippen molar-refractivity contribution in [2.24, 2.45) is 0 Å². The molecule has 1 aliphatic rings. The van der Waals surface area contributed by atoms with E-state index in [9.17, 15) is 4.39 Å². The largest absolute Gasteiger partial charge is 0.298 e. The van der Waals surface area contributed by atoms with Crippen LogP contribution in [0, 0.1) is 5.82 Å². The zero-order chi connectivity index (χ0) is 12.2. The predicted octanol–water partition coefficient (Wildman–Crippen LogP) is 3.63. The van der Waals surface area contributed by atoms with E-state index in [-0.39, 0.29) is 10.0 Å². The summed E-state index contributed by atoms with van der Waals surface area (Å²) in [7, 11) is 2.01. The van der Waals surface area contributed by atoms with Crippen LogP contribution in [0.4, 0.5) is 4.39 Å². The van der Waals surface area contributed by atoms with E-state index >= 15 is 0 Å². The minimum absolute atomic E-state index is 0.0574. The summed E-state index contributed by atoms with van der Waals surface area (Å²) in [6, 6.07) is 1.43. The summed E-state index contributed by atoms with van der Waals surface area (Å²) in [5, 5.41) is 0.899. The van der Waals surface area contributed by atoms with E-state index in [1.165, 1.54) is 6.07 Å². The third-order valence-electron chi connectivity index (χ3n) is 3.07. The Kier molecular flexibility index (Phi) is 2.51. The molecule has 3 rings (SSSR count). The maximum Gasteiger partial charge on any atom is 0.144 e. The van der Waals surface area contributed by atoms with E-state index < -0.39 is 5.82 Å². The summed E-state index contributed by atoms with van der Waals surface area (Å²) < 4.78 is 13.6. The van der Waals surface area contributed by atoms with Gasteiger partial charge in [-0.25, -0.2) is 4.39 Å². The minimum atomic E-state index is -0.492. The van der Waals surface area contributed by atoms with Crippen molar-refractivity contribution in [2.45, 2.75) is 13.1 Å². The van der Waals surface area contributed by atoms with Crippen molar-refractivity contribution < 1.29 is 4.39 Å².